The smallest absolute Gasteiger partial charge is 0.407 e. The average Bonchev–Trinajstić information content (AvgIpc) is 3.56. The first-order valence-corrected chi connectivity index (χ1v) is 17.8. The summed E-state index contributed by atoms with van der Waals surface area (Å²) in [5, 5.41) is 26.3. The minimum atomic E-state index is -1.12. The first-order chi connectivity index (χ1) is 25.9. The van der Waals surface area contributed by atoms with Crippen molar-refractivity contribution in [1.29, 1.82) is 0 Å². The molecule has 6 N–H and O–H groups in total. The molecular formula is C38H37Cl2N7O7. The Hall–Kier alpha value is -5.54. The van der Waals surface area contributed by atoms with Gasteiger partial charge in [0.25, 0.3) is 5.56 Å². The molecule has 3 amide bonds. The molecule has 5 aromatic rings. The predicted octanol–water partition coefficient (Wildman–Crippen LogP) is 4.49. The molecule has 1 aliphatic heterocycles. The molecule has 0 radical (unpaired) electrons. The normalized spacial score (nSPS) is 14.5. The molecule has 1 fully saturated rings. The highest BCUT2D eigenvalue weighted by atomic mass is 35.5. The van der Waals surface area contributed by atoms with Crippen LogP contribution in [0.3, 0.4) is 0 Å². The lowest BCUT2D eigenvalue weighted by Crippen LogP contribution is -2.41. The van der Waals surface area contributed by atoms with Crippen molar-refractivity contribution in [3.8, 4) is 39.4 Å². The monoisotopic (exact) mass is 773 g/mol. The third-order valence-corrected chi connectivity index (χ3v) is 9.89. The summed E-state index contributed by atoms with van der Waals surface area (Å²) in [5.41, 5.74) is 9.97. The lowest BCUT2D eigenvalue weighted by Gasteiger charge is -2.23. The van der Waals surface area contributed by atoms with Crippen LogP contribution in [0.4, 0.5) is 4.79 Å². The number of halogens is 2. The summed E-state index contributed by atoms with van der Waals surface area (Å²) >= 11 is 14.1. The van der Waals surface area contributed by atoms with E-state index in [1.54, 1.807) is 30.5 Å². The third-order valence-electron chi connectivity index (χ3n) is 9.08. The van der Waals surface area contributed by atoms with Crippen molar-refractivity contribution in [2.75, 3.05) is 20.2 Å². The summed E-state index contributed by atoms with van der Waals surface area (Å²) < 4.78 is 6.99. The molecule has 6 rings (SSSR count). The highest BCUT2D eigenvalue weighted by molar-refractivity contribution is 6.39. The maximum Gasteiger partial charge on any atom is 0.407 e. The second-order valence-electron chi connectivity index (χ2n) is 12.9. The molecule has 0 spiro atoms. The van der Waals surface area contributed by atoms with Crippen molar-refractivity contribution >= 4 is 46.8 Å². The van der Waals surface area contributed by atoms with Gasteiger partial charge in [0.15, 0.2) is 0 Å². The maximum absolute atomic E-state index is 13.2. The van der Waals surface area contributed by atoms with Crippen LogP contribution in [0.2, 0.25) is 10.0 Å². The van der Waals surface area contributed by atoms with Gasteiger partial charge in [0, 0.05) is 77.9 Å². The minimum Gasteiger partial charge on any atom is -0.481 e. The summed E-state index contributed by atoms with van der Waals surface area (Å²) in [6.07, 6.45) is 1.74. The number of primary amides is 1. The molecule has 54 heavy (non-hydrogen) atoms. The zero-order valence-corrected chi connectivity index (χ0v) is 30.6. The van der Waals surface area contributed by atoms with Crippen LogP contribution in [-0.2, 0) is 22.7 Å². The van der Waals surface area contributed by atoms with Gasteiger partial charge in [-0.1, -0.05) is 59.6 Å². The number of nitrogens with two attached hydrogens (primary N) is 1. The SMILES string of the molecule is COc1nc(-c2cccc(-c3cccc(-c4ccn5c(=O)c(CNCC(O)CC(N)=O)cnc5c4)c3Cl)c2Cl)ccc1CN(C[C@@H]1CCC(=O)N1)C(=O)O. The molecule has 16 heteroatoms. The number of carbonyl (C=O) groups excluding carboxylic acids is 2. The van der Waals surface area contributed by atoms with Gasteiger partial charge in [0.1, 0.15) is 5.65 Å². The topological polar surface area (TPSA) is 201 Å². The van der Waals surface area contributed by atoms with Crippen LogP contribution in [-0.4, -0.2) is 79.7 Å². The van der Waals surface area contributed by atoms with Gasteiger partial charge < -0.3 is 36.2 Å². The summed E-state index contributed by atoms with van der Waals surface area (Å²) in [5.74, 6) is -0.472. The molecule has 280 valence electrons. The Bertz CT molecular complexity index is 2300. The van der Waals surface area contributed by atoms with Crippen LogP contribution < -0.4 is 26.7 Å². The molecule has 1 saturated heterocycles. The molecule has 2 atom stereocenters. The number of hydrogen-bond acceptors (Lipinski definition) is 9. The van der Waals surface area contributed by atoms with E-state index in [1.165, 1.54) is 22.6 Å². The quantitative estimate of drug-likeness (QED) is 0.107. The van der Waals surface area contributed by atoms with Crippen molar-refractivity contribution in [2.24, 2.45) is 5.73 Å². The van der Waals surface area contributed by atoms with Crippen LogP contribution in [0.1, 0.15) is 30.4 Å². The molecule has 2 aromatic carbocycles. The van der Waals surface area contributed by atoms with E-state index in [9.17, 15) is 29.4 Å². The van der Waals surface area contributed by atoms with Gasteiger partial charge in [-0.2, -0.15) is 0 Å². The van der Waals surface area contributed by atoms with E-state index in [1.807, 2.05) is 36.4 Å². The van der Waals surface area contributed by atoms with Gasteiger partial charge in [-0.15, -0.1) is 0 Å². The number of nitrogens with one attached hydrogen (secondary N) is 2. The number of aliphatic hydroxyl groups is 1. The third kappa shape index (κ3) is 8.47. The first-order valence-electron chi connectivity index (χ1n) is 17.0. The lowest BCUT2D eigenvalue weighted by molar-refractivity contribution is -0.120. The van der Waals surface area contributed by atoms with Crippen molar-refractivity contribution in [3.05, 3.63) is 105 Å². The van der Waals surface area contributed by atoms with E-state index in [4.69, 9.17) is 33.7 Å². The van der Waals surface area contributed by atoms with E-state index in [2.05, 4.69) is 20.6 Å². The van der Waals surface area contributed by atoms with Gasteiger partial charge in [0.05, 0.1) is 41.9 Å². The standard InChI is InChI=1S/C38H37Cl2N7O7/c1-54-36-22(19-46(38(52)53)20-24-9-11-33(50)44-24)8-10-30(45-36)29-7-3-6-28(35(29)40)27-5-2-4-26(34(27)39)21-12-13-47-32(14-21)43-17-23(37(47)51)16-42-18-25(48)15-31(41)49/h2-8,10,12-14,17,24-25,42,48H,9,11,15-16,18-20H2,1H3,(H2,41,49)(H,44,50)(H,52,53)/t24-,25?/m0/s1. The number of aliphatic hydroxyl groups excluding tert-OH is 1. The molecule has 0 saturated carbocycles. The molecule has 0 bridgehead atoms. The number of pyridine rings is 2. The number of carboxylic acid groups (broad SMARTS) is 1. The zero-order chi connectivity index (χ0) is 38.5. The van der Waals surface area contributed by atoms with Crippen molar-refractivity contribution in [2.45, 2.75) is 44.5 Å². The second-order valence-corrected chi connectivity index (χ2v) is 13.6. The van der Waals surface area contributed by atoms with Gasteiger partial charge in [-0.05, 0) is 36.2 Å². The number of ether oxygens (including phenoxy) is 1. The number of methoxy groups -OCH3 is 1. The zero-order valence-electron chi connectivity index (χ0n) is 29.1. The average molecular weight is 775 g/mol. The summed E-state index contributed by atoms with van der Waals surface area (Å²) in [4.78, 5) is 58.3. The number of rotatable bonds is 14. The van der Waals surface area contributed by atoms with Crippen LogP contribution in [0.5, 0.6) is 5.88 Å². The Balaban J connectivity index is 1.24. The van der Waals surface area contributed by atoms with Gasteiger partial charge >= 0.3 is 6.09 Å². The summed E-state index contributed by atoms with van der Waals surface area (Å²) in [7, 11) is 1.46. The molecule has 1 aliphatic rings. The van der Waals surface area contributed by atoms with Gasteiger partial charge in [-0.25, -0.2) is 14.8 Å². The highest BCUT2D eigenvalue weighted by Gasteiger charge is 2.26. The molecule has 14 nitrogen and oxygen atoms in total. The number of fused-ring (bicyclic) bond motifs is 1. The Kier molecular flexibility index (Phi) is 11.8. The molecular weight excluding hydrogens is 737 g/mol. The number of amides is 3. The number of nitrogens with zero attached hydrogens (tertiary/aromatic N) is 4. The van der Waals surface area contributed by atoms with Crippen LogP contribution in [0.25, 0.3) is 39.2 Å². The van der Waals surface area contributed by atoms with E-state index in [0.717, 1.165) is 0 Å². The van der Waals surface area contributed by atoms with Crippen molar-refractivity contribution in [1.82, 2.24) is 29.9 Å². The van der Waals surface area contributed by atoms with Crippen molar-refractivity contribution < 1.29 is 29.3 Å². The Labute approximate surface area is 319 Å². The molecule has 3 aromatic heterocycles. The molecule has 1 unspecified atom stereocenters. The maximum atomic E-state index is 13.2. The first kappa shape index (κ1) is 38.2. The fourth-order valence-corrected chi connectivity index (χ4v) is 7.05. The molecule has 0 aliphatic carbocycles. The van der Waals surface area contributed by atoms with E-state index < -0.39 is 18.1 Å². The number of carbonyl (C=O) groups is 3. The number of aromatic nitrogens is 3. The van der Waals surface area contributed by atoms with E-state index in [0.29, 0.717) is 73.2 Å². The highest BCUT2D eigenvalue weighted by Crippen LogP contribution is 2.42. The number of benzene rings is 2. The minimum absolute atomic E-state index is 0.0102. The van der Waals surface area contributed by atoms with Crippen LogP contribution in [0, 0.1) is 0 Å². The van der Waals surface area contributed by atoms with Crippen molar-refractivity contribution in [3.63, 3.8) is 0 Å². The predicted molar refractivity (Wildman–Crippen MR) is 203 cm³/mol. The fourth-order valence-electron chi connectivity index (χ4n) is 6.39. The summed E-state index contributed by atoms with van der Waals surface area (Å²) in [6, 6.07) is 17.8. The number of hydrogen-bond donors (Lipinski definition) is 5. The van der Waals surface area contributed by atoms with E-state index >= 15 is 0 Å². The van der Waals surface area contributed by atoms with Gasteiger partial charge in [-0.3, -0.25) is 18.8 Å². The van der Waals surface area contributed by atoms with E-state index in [-0.39, 0.29) is 56.0 Å². The lowest BCUT2D eigenvalue weighted by atomic mass is 9.97. The fraction of sp³-hybridized carbons (Fsp3) is 0.263. The second kappa shape index (κ2) is 16.6. The largest absolute Gasteiger partial charge is 0.481 e. The van der Waals surface area contributed by atoms with Crippen LogP contribution in [0.15, 0.2) is 77.9 Å². The van der Waals surface area contributed by atoms with Crippen LogP contribution >= 0.6 is 23.2 Å². The van der Waals surface area contributed by atoms with Gasteiger partial charge in [0.2, 0.25) is 17.7 Å². The Morgan fingerprint density at radius 3 is 2.43 bits per heavy atom. The Morgan fingerprint density at radius 1 is 1.06 bits per heavy atom. The molecule has 4 heterocycles. The Morgan fingerprint density at radius 2 is 1.76 bits per heavy atom. The summed E-state index contributed by atoms with van der Waals surface area (Å²) in [6.45, 7) is 0.371.